The Morgan fingerprint density at radius 1 is 1.28 bits per heavy atom. The molecule has 0 aromatic carbocycles. The largest absolute Gasteiger partial charge is 0.392 e. The number of aromatic nitrogens is 2. The predicted octanol–water partition coefficient (Wildman–Crippen LogP) is 3.05. The molecule has 18 heavy (non-hydrogen) atoms. The van der Waals surface area contributed by atoms with Crippen molar-refractivity contribution in [1.82, 2.24) is 9.78 Å². The quantitative estimate of drug-likeness (QED) is 0.892. The summed E-state index contributed by atoms with van der Waals surface area (Å²) in [6.07, 6.45) is 2.37. The maximum atomic E-state index is 10.4. The van der Waals surface area contributed by atoms with Crippen LogP contribution in [0.5, 0.6) is 0 Å². The van der Waals surface area contributed by atoms with E-state index in [1.807, 2.05) is 16.9 Å². The minimum absolute atomic E-state index is 0.229. The highest BCUT2D eigenvalue weighted by molar-refractivity contribution is 5.16. The molecule has 1 unspecified atom stereocenters. The molecule has 0 aliphatic heterocycles. The van der Waals surface area contributed by atoms with E-state index in [1.54, 1.807) is 0 Å². The van der Waals surface area contributed by atoms with Gasteiger partial charge >= 0.3 is 0 Å². The van der Waals surface area contributed by atoms with E-state index in [-0.39, 0.29) is 16.9 Å². The molecule has 1 aromatic heterocycles. The van der Waals surface area contributed by atoms with Gasteiger partial charge in [-0.3, -0.25) is 4.68 Å². The number of hydrogen-bond acceptors (Lipinski definition) is 2. The molecule has 1 aliphatic rings. The Kier molecular flexibility index (Phi) is 3.09. The maximum Gasteiger partial charge on any atom is 0.0650 e. The smallest absolute Gasteiger partial charge is 0.0650 e. The molecular weight excluding hydrogens is 224 g/mol. The minimum atomic E-state index is -0.287. The van der Waals surface area contributed by atoms with E-state index in [9.17, 15) is 5.11 Å². The van der Waals surface area contributed by atoms with E-state index in [2.05, 4.69) is 46.6 Å². The Bertz CT molecular complexity index is 417. The second kappa shape index (κ2) is 4.09. The third kappa shape index (κ3) is 1.99. The van der Waals surface area contributed by atoms with Crippen LogP contribution in [0.1, 0.15) is 53.3 Å². The second-order valence-electron chi connectivity index (χ2n) is 7.07. The lowest BCUT2D eigenvalue weighted by molar-refractivity contribution is 0.128. The molecule has 2 rings (SSSR count). The molecule has 1 saturated carbocycles. The van der Waals surface area contributed by atoms with Gasteiger partial charge in [-0.15, -0.1) is 0 Å². The Morgan fingerprint density at radius 2 is 1.83 bits per heavy atom. The van der Waals surface area contributed by atoms with Crippen LogP contribution in [0.3, 0.4) is 0 Å². The first-order chi connectivity index (χ1) is 8.18. The molecular formula is C15H26N2O. The molecule has 1 fully saturated rings. The maximum absolute atomic E-state index is 10.4. The van der Waals surface area contributed by atoms with Crippen LogP contribution in [0.25, 0.3) is 0 Å². The van der Waals surface area contributed by atoms with Crippen molar-refractivity contribution in [1.29, 1.82) is 0 Å². The van der Waals surface area contributed by atoms with Crippen molar-refractivity contribution in [2.45, 2.75) is 60.1 Å². The number of hydrogen-bond donors (Lipinski definition) is 1. The van der Waals surface area contributed by atoms with Gasteiger partial charge in [-0.2, -0.15) is 5.10 Å². The zero-order chi connectivity index (χ0) is 13.7. The number of nitrogens with zero attached hydrogens (tertiary/aromatic N) is 2. The fourth-order valence-corrected chi connectivity index (χ4v) is 3.32. The van der Waals surface area contributed by atoms with Gasteiger partial charge < -0.3 is 5.11 Å². The van der Waals surface area contributed by atoms with E-state index < -0.39 is 0 Å². The first-order valence-corrected chi connectivity index (χ1v) is 6.90. The van der Waals surface area contributed by atoms with Gasteiger partial charge in [-0.05, 0) is 36.7 Å². The number of aliphatic hydroxyl groups is 1. The molecule has 0 saturated heterocycles. The average Bonchev–Trinajstić information content (AvgIpc) is 2.60. The van der Waals surface area contributed by atoms with Crippen LogP contribution < -0.4 is 0 Å². The summed E-state index contributed by atoms with van der Waals surface area (Å²) in [4.78, 5) is 0. The highest BCUT2D eigenvalue weighted by Gasteiger charge is 2.66. The first kappa shape index (κ1) is 13.6. The summed E-state index contributed by atoms with van der Waals surface area (Å²) in [5, 5.41) is 14.9. The molecule has 1 atom stereocenters. The predicted molar refractivity (Wildman–Crippen MR) is 73.4 cm³/mol. The Labute approximate surface area is 110 Å². The van der Waals surface area contributed by atoms with Crippen LogP contribution in [-0.4, -0.2) is 21.0 Å². The van der Waals surface area contributed by atoms with Gasteiger partial charge in [-0.25, -0.2) is 0 Å². The minimum Gasteiger partial charge on any atom is -0.392 e. The van der Waals surface area contributed by atoms with Crippen molar-refractivity contribution in [3.63, 3.8) is 0 Å². The summed E-state index contributed by atoms with van der Waals surface area (Å²) in [5.41, 5.74) is 1.45. The highest BCUT2D eigenvalue weighted by atomic mass is 16.3. The van der Waals surface area contributed by atoms with Crippen molar-refractivity contribution in [3.8, 4) is 0 Å². The molecule has 3 nitrogen and oxygen atoms in total. The van der Waals surface area contributed by atoms with Gasteiger partial charge in [0.15, 0.2) is 0 Å². The summed E-state index contributed by atoms with van der Waals surface area (Å²) in [6, 6.07) is 2.40. The molecule has 0 radical (unpaired) electrons. The fourth-order valence-electron chi connectivity index (χ4n) is 3.32. The third-order valence-corrected chi connectivity index (χ3v) is 5.13. The van der Waals surface area contributed by atoms with Crippen LogP contribution in [0, 0.1) is 16.7 Å². The topological polar surface area (TPSA) is 38.0 Å². The van der Waals surface area contributed by atoms with Gasteiger partial charge in [0, 0.05) is 18.7 Å². The number of aliphatic hydroxyl groups excluding tert-OH is 1. The van der Waals surface area contributed by atoms with Crippen molar-refractivity contribution >= 4 is 0 Å². The SMILES string of the molecule is CC(C)n1ccc(CC(O)C2C(C)(C)C2(C)C)n1. The lowest BCUT2D eigenvalue weighted by Gasteiger charge is -2.11. The summed E-state index contributed by atoms with van der Waals surface area (Å²) < 4.78 is 1.95. The Balaban J connectivity index is 2.02. The van der Waals surface area contributed by atoms with Gasteiger partial charge in [0.05, 0.1) is 11.8 Å². The van der Waals surface area contributed by atoms with Crippen molar-refractivity contribution in [2.24, 2.45) is 16.7 Å². The third-order valence-electron chi connectivity index (χ3n) is 5.13. The van der Waals surface area contributed by atoms with Crippen molar-refractivity contribution in [2.75, 3.05) is 0 Å². The molecule has 3 heteroatoms. The lowest BCUT2D eigenvalue weighted by Crippen LogP contribution is -2.18. The highest BCUT2D eigenvalue weighted by Crippen LogP contribution is 2.69. The summed E-state index contributed by atoms with van der Waals surface area (Å²) in [6.45, 7) is 13.2. The monoisotopic (exact) mass is 250 g/mol. The van der Waals surface area contributed by atoms with E-state index in [0.29, 0.717) is 18.4 Å². The number of rotatable bonds is 4. The van der Waals surface area contributed by atoms with E-state index in [0.717, 1.165) is 5.69 Å². The molecule has 0 amide bonds. The zero-order valence-electron chi connectivity index (χ0n) is 12.4. The van der Waals surface area contributed by atoms with Crippen LogP contribution in [0.2, 0.25) is 0 Å². The molecule has 0 bridgehead atoms. The van der Waals surface area contributed by atoms with Crippen LogP contribution in [-0.2, 0) is 6.42 Å². The van der Waals surface area contributed by atoms with Crippen molar-refractivity contribution in [3.05, 3.63) is 18.0 Å². The van der Waals surface area contributed by atoms with Gasteiger partial charge in [-0.1, -0.05) is 27.7 Å². The normalized spacial score (nSPS) is 23.3. The standard InChI is InChI=1S/C15H26N2O/c1-10(2)17-8-7-11(16-17)9-12(18)13-14(3,4)15(13,5)6/h7-8,10,12-13,18H,9H2,1-6H3. The van der Waals surface area contributed by atoms with Crippen LogP contribution in [0.15, 0.2) is 12.3 Å². The van der Waals surface area contributed by atoms with Crippen LogP contribution in [0.4, 0.5) is 0 Å². The molecule has 1 aromatic rings. The molecule has 0 spiro atoms. The average molecular weight is 250 g/mol. The Morgan fingerprint density at radius 3 is 2.22 bits per heavy atom. The summed E-state index contributed by atoms with van der Waals surface area (Å²) in [7, 11) is 0. The molecule has 1 aliphatic carbocycles. The fraction of sp³-hybridized carbons (Fsp3) is 0.800. The van der Waals surface area contributed by atoms with E-state index in [4.69, 9.17) is 0 Å². The lowest BCUT2D eigenvalue weighted by atomic mass is 10.0. The van der Waals surface area contributed by atoms with Gasteiger partial charge in [0.1, 0.15) is 0 Å². The van der Waals surface area contributed by atoms with Crippen molar-refractivity contribution < 1.29 is 5.11 Å². The van der Waals surface area contributed by atoms with Crippen LogP contribution >= 0.6 is 0 Å². The molecule has 1 heterocycles. The van der Waals surface area contributed by atoms with Gasteiger partial charge in [0.25, 0.3) is 0 Å². The Hall–Kier alpha value is -0.830. The summed E-state index contributed by atoms with van der Waals surface area (Å²) >= 11 is 0. The second-order valence-corrected chi connectivity index (χ2v) is 7.07. The van der Waals surface area contributed by atoms with Gasteiger partial charge in [0.2, 0.25) is 0 Å². The zero-order valence-corrected chi connectivity index (χ0v) is 12.4. The molecule has 1 N–H and O–H groups in total. The van der Waals surface area contributed by atoms with E-state index >= 15 is 0 Å². The first-order valence-electron chi connectivity index (χ1n) is 6.90. The van der Waals surface area contributed by atoms with E-state index in [1.165, 1.54) is 0 Å². The summed E-state index contributed by atoms with van der Waals surface area (Å²) in [5.74, 6) is 0.370. The molecule has 102 valence electrons.